The van der Waals surface area contributed by atoms with Crippen LogP contribution in [0.4, 0.5) is 0 Å². The van der Waals surface area contributed by atoms with Crippen LogP contribution in [0.3, 0.4) is 0 Å². The predicted molar refractivity (Wildman–Crippen MR) is 121 cm³/mol. The minimum absolute atomic E-state index is 0. The third kappa shape index (κ3) is 17.2. The van der Waals surface area contributed by atoms with Gasteiger partial charge in [0, 0.05) is 40.5 Å². The van der Waals surface area contributed by atoms with Gasteiger partial charge in [-0.05, 0) is 43.0 Å². The molecule has 0 radical (unpaired) electrons. The van der Waals surface area contributed by atoms with Crippen molar-refractivity contribution >= 4 is 16.2 Å². The SMILES string of the molecule is CO[C@@H]1C=C(O[Si](C)(C)C)CP(C(C)(C)C)[C@H]1c1ccccn1.[C-]#[O+].[C-]#[O+].[C-]#[O+].[C-]#[O+].[C-]#[O+].[Mo]. The first-order valence-corrected chi connectivity index (χ1v) is 14.2. The van der Waals surface area contributed by atoms with Crippen LogP contribution in [0.1, 0.15) is 32.1 Å². The molecule has 0 bridgehead atoms. The van der Waals surface area contributed by atoms with Gasteiger partial charge in [0.1, 0.15) is 0 Å². The van der Waals surface area contributed by atoms with Crippen molar-refractivity contribution in [3.8, 4) is 0 Å². The van der Waals surface area contributed by atoms with Crippen molar-refractivity contribution in [2.24, 2.45) is 0 Å². The molecular formula is C23H30MoNO7PSi. The molecule has 34 heavy (non-hydrogen) atoms. The van der Waals surface area contributed by atoms with Crippen molar-refractivity contribution in [1.82, 2.24) is 4.98 Å². The summed E-state index contributed by atoms with van der Waals surface area (Å²) in [5.74, 6) is 1.13. The zero-order chi connectivity index (χ0) is 27.3. The zero-order valence-corrected chi connectivity index (χ0v) is 24.3. The van der Waals surface area contributed by atoms with E-state index in [2.05, 4.69) is 96.9 Å². The van der Waals surface area contributed by atoms with Gasteiger partial charge in [0.05, 0.1) is 23.2 Å². The molecule has 0 N–H and O–H groups in total. The van der Waals surface area contributed by atoms with Gasteiger partial charge in [-0.2, -0.15) is 0 Å². The molecule has 0 aromatic carbocycles. The van der Waals surface area contributed by atoms with Gasteiger partial charge in [-0.3, -0.25) is 4.98 Å². The monoisotopic (exact) mass is 589 g/mol. The number of nitrogens with zero attached hydrogens (tertiary/aromatic N) is 1. The number of pyridine rings is 1. The van der Waals surface area contributed by atoms with E-state index in [-0.39, 0.29) is 40.2 Å². The molecule has 1 unspecified atom stereocenters. The molecule has 8 nitrogen and oxygen atoms in total. The van der Waals surface area contributed by atoms with E-state index in [0.29, 0.717) is 5.66 Å². The second-order valence-electron chi connectivity index (χ2n) is 8.05. The number of allylic oxidation sites excluding steroid dienone is 1. The Morgan fingerprint density at radius 1 is 0.941 bits per heavy atom. The minimum atomic E-state index is -1.61. The summed E-state index contributed by atoms with van der Waals surface area (Å²) in [6.45, 7) is 36.2. The standard InChI is InChI=1S/C18H30NO2PSi.5CO.Mo/c1-18(2,3)22-13-14(21-23(5,6)7)12-16(20-4)17(22)15-10-8-9-11-19-15;5*1-2;/h8-12,16-17H,13H2,1-7H3;;;;;;/t16-,17+,22?;;;;;;/m1....../s1. The number of hydrogen-bond acceptors (Lipinski definition) is 3. The van der Waals surface area contributed by atoms with Gasteiger partial charge < -0.3 is 9.16 Å². The fraction of sp³-hybridized carbons (Fsp3) is 0.478. The number of methoxy groups -OCH3 is 1. The van der Waals surface area contributed by atoms with Crippen LogP contribution in [-0.4, -0.2) is 37.8 Å². The second kappa shape index (κ2) is 24.8. The van der Waals surface area contributed by atoms with Gasteiger partial charge in [0.15, 0.2) is 0 Å². The Kier molecular flexibility index (Phi) is 31.2. The summed E-state index contributed by atoms with van der Waals surface area (Å²) in [7, 11) is -0.158. The van der Waals surface area contributed by atoms with Crippen molar-refractivity contribution in [2.75, 3.05) is 13.3 Å². The Hall–Kier alpha value is -1.31. The van der Waals surface area contributed by atoms with Crippen molar-refractivity contribution in [2.45, 2.75) is 57.3 Å². The smallest absolute Gasteiger partial charge is 0 e. The molecular weight excluding hydrogens is 557 g/mol. The normalized spacial score (nSPS) is 17.8. The Labute approximate surface area is 220 Å². The molecule has 2 heterocycles. The molecule has 184 valence electrons. The Morgan fingerprint density at radius 2 is 1.41 bits per heavy atom. The predicted octanol–water partition coefficient (Wildman–Crippen LogP) is 4.98. The van der Waals surface area contributed by atoms with Crippen LogP contribution >= 0.6 is 7.92 Å². The molecule has 0 aliphatic carbocycles. The van der Waals surface area contributed by atoms with Gasteiger partial charge >= 0.3 is 56.5 Å². The number of hydrogen-bond donors (Lipinski definition) is 0. The summed E-state index contributed by atoms with van der Waals surface area (Å²) in [6, 6.07) is 6.18. The molecule has 1 aliphatic rings. The van der Waals surface area contributed by atoms with Crippen molar-refractivity contribution in [1.29, 1.82) is 0 Å². The fourth-order valence-corrected chi connectivity index (χ4v) is 7.05. The summed E-state index contributed by atoms with van der Waals surface area (Å²) in [5, 5.41) is 0.219. The Bertz CT molecular complexity index is 731. The molecule has 2 rings (SSSR count). The van der Waals surface area contributed by atoms with Crippen LogP contribution in [0, 0.1) is 33.3 Å². The first-order chi connectivity index (χ1) is 15.6. The minimum Gasteiger partial charge on any atom is 0 e. The van der Waals surface area contributed by atoms with Crippen LogP contribution in [0.15, 0.2) is 36.2 Å². The molecule has 1 aliphatic heterocycles. The first-order valence-electron chi connectivity index (χ1n) is 9.24. The maximum Gasteiger partial charge on any atom is 0 e. The third-order valence-electron chi connectivity index (χ3n) is 3.89. The largest absolute Gasteiger partial charge is 0 e. The summed E-state index contributed by atoms with van der Waals surface area (Å²) < 4.78 is 49.7. The number of aromatic nitrogens is 1. The van der Waals surface area contributed by atoms with Crippen LogP contribution in [-0.2, 0) is 53.5 Å². The second-order valence-corrected chi connectivity index (χ2v) is 15.6. The van der Waals surface area contributed by atoms with Crippen LogP contribution < -0.4 is 0 Å². The summed E-state index contributed by atoms with van der Waals surface area (Å²) in [6.07, 6.45) is 5.14. The van der Waals surface area contributed by atoms with E-state index >= 15 is 0 Å². The molecule has 0 spiro atoms. The van der Waals surface area contributed by atoms with Gasteiger partial charge in [-0.1, -0.05) is 34.8 Å². The van der Waals surface area contributed by atoms with Gasteiger partial charge in [0.2, 0.25) is 8.32 Å². The zero-order valence-electron chi connectivity index (χ0n) is 20.4. The fourth-order valence-electron chi connectivity index (χ4n) is 2.96. The quantitative estimate of drug-likeness (QED) is 0.213. The van der Waals surface area contributed by atoms with E-state index in [0.717, 1.165) is 17.6 Å². The Balaban J connectivity index is -0.000000226. The average Bonchev–Trinajstić information content (AvgIpc) is 2.84. The third-order valence-corrected chi connectivity index (χ3v) is 8.37. The van der Waals surface area contributed by atoms with Gasteiger partial charge in [-0.25, -0.2) is 0 Å². The molecule has 1 aromatic rings. The van der Waals surface area contributed by atoms with E-state index in [9.17, 15) is 0 Å². The number of ether oxygens (including phenoxy) is 1. The van der Waals surface area contributed by atoms with E-state index in [1.807, 2.05) is 12.3 Å². The van der Waals surface area contributed by atoms with Crippen LogP contribution in [0.25, 0.3) is 0 Å². The summed E-state index contributed by atoms with van der Waals surface area (Å²) >= 11 is 0. The topological polar surface area (TPSA) is 131 Å². The van der Waals surface area contributed by atoms with Gasteiger partial charge in [-0.15, -0.1) is 0 Å². The van der Waals surface area contributed by atoms with E-state index < -0.39 is 8.32 Å². The van der Waals surface area contributed by atoms with Crippen LogP contribution in [0.2, 0.25) is 19.6 Å². The maximum atomic E-state index is 7.50. The van der Waals surface area contributed by atoms with Crippen LogP contribution in [0.5, 0.6) is 0 Å². The molecule has 11 heteroatoms. The Morgan fingerprint density at radius 3 is 1.74 bits per heavy atom. The molecule has 3 atom stereocenters. The average molecular weight is 587 g/mol. The van der Waals surface area contributed by atoms with Gasteiger partial charge in [0.25, 0.3) is 0 Å². The van der Waals surface area contributed by atoms with E-state index in [1.54, 1.807) is 7.11 Å². The molecule has 0 saturated heterocycles. The van der Waals surface area contributed by atoms with Crippen molar-refractivity contribution < 1.29 is 53.5 Å². The number of rotatable bonds is 4. The molecule has 0 fully saturated rings. The maximum absolute atomic E-state index is 7.50. The van der Waals surface area contributed by atoms with Crippen molar-refractivity contribution in [3.05, 3.63) is 75.2 Å². The summed E-state index contributed by atoms with van der Waals surface area (Å²) in [4.78, 5) is 4.64. The first kappa shape index (κ1) is 42.8. The molecule has 0 amide bonds. The van der Waals surface area contributed by atoms with Crippen molar-refractivity contribution in [3.63, 3.8) is 0 Å². The molecule has 1 aromatic heterocycles. The van der Waals surface area contributed by atoms with E-state index in [1.165, 1.54) is 0 Å². The summed E-state index contributed by atoms with van der Waals surface area (Å²) in [5.41, 5.74) is 1.47. The van der Waals surface area contributed by atoms with E-state index in [4.69, 9.17) is 32.4 Å². The molecule has 0 saturated carbocycles.